The van der Waals surface area contributed by atoms with Crippen LogP contribution in [-0.4, -0.2) is 34.6 Å². The molecule has 1 amide bonds. The number of carbonyl (C=O) groups is 1. The molecule has 1 aliphatic rings. The molecule has 1 aromatic carbocycles. The summed E-state index contributed by atoms with van der Waals surface area (Å²) in [6.45, 7) is -0.212. The van der Waals surface area contributed by atoms with Gasteiger partial charge in [-0.3, -0.25) is 4.79 Å². The molecule has 0 atom stereocenters. The second-order valence-electron chi connectivity index (χ2n) is 6.06. The summed E-state index contributed by atoms with van der Waals surface area (Å²) < 4.78 is 24.4. The molecular formula is C18H19ClFN3O3. The van der Waals surface area contributed by atoms with Gasteiger partial charge in [0.15, 0.2) is 18.2 Å². The van der Waals surface area contributed by atoms with E-state index >= 15 is 0 Å². The first-order valence-corrected chi connectivity index (χ1v) is 8.79. The predicted octanol–water partition coefficient (Wildman–Crippen LogP) is 3.15. The van der Waals surface area contributed by atoms with Gasteiger partial charge in [0.2, 0.25) is 0 Å². The first-order chi connectivity index (χ1) is 12.6. The van der Waals surface area contributed by atoms with Crippen LogP contribution in [0.5, 0.6) is 11.8 Å². The lowest BCUT2D eigenvalue weighted by Crippen LogP contribution is -2.41. The zero-order valence-electron chi connectivity index (χ0n) is 14.0. The molecular weight excluding hydrogens is 361 g/mol. The van der Waals surface area contributed by atoms with Gasteiger partial charge < -0.3 is 14.8 Å². The highest BCUT2D eigenvalue weighted by Gasteiger charge is 2.24. The van der Waals surface area contributed by atoms with Gasteiger partial charge in [0, 0.05) is 6.04 Å². The summed E-state index contributed by atoms with van der Waals surface area (Å²) in [5.74, 6) is -0.677. The van der Waals surface area contributed by atoms with E-state index in [-0.39, 0.29) is 30.4 Å². The summed E-state index contributed by atoms with van der Waals surface area (Å²) in [4.78, 5) is 20.0. The number of amides is 1. The number of rotatable bonds is 6. The molecule has 0 bridgehead atoms. The Kier molecular flexibility index (Phi) is 6.22. The molecule has 1 aliphatic carbocycles. The molecule has 6 nitrogen and oxygen atoms in total. The van der Waals surface area contributed by atoms with Crippen molar-refractivity contribution in [1.29, 1.82) is 0 Å². The number of ether oxygens (including phenoxy) is 2. The highest BCUT2D eigenvalue weighted by Crippen LogP contribution is 2.22. The normalized spacial score (nSPS) is 19.6. The average molecular weight is 380 g/mol. The molecule has 8 heteroatoms. The molecule has 0 radical (unpaired) electrons. The third kappa shape index (κ3) is 5.29. The lowest BCUT2D eigenvalue weighted by molar-refractivity contribution is -0.124. The van der Waals surface area contributed by atoms with E-state index in [1.807, 2.05) is 0 Å². The van der Waals surface area contributed by atoms with Crippen molar-refractivity contribution in [3.8, 4) is 11.8 Å². The van der Waals surface area contributed by atoms with E-state index < -0.39 is 5.82 Å². The molecule has 138 valence electrons. The predicted molar refractivity (Wildman–Crippen MR) is 93.8 cm³/mol. The third-order valence-electron chi connectivity index (χ3n) is 4.10. The maximum atomic E-state index is 13.5. The monoisotopic (exact) mass is 379 g/mol. The number of benzene rings is 1. The first-order valence-electron chi connectivity index (χ1n) is 8.41. The van der Waals surface area contributed by atoms with Gasteiger partial charge in [-0.1, -0.05) is 23.7 Å². The van der Waals surface area contributed by atoms with Gasteiger partial charge in [0.25, 0.3) is 5.91 Å². The van der Waals surface area contributed by atoms with Crippen LogP contribution < -0.4 is 14.8 Å². The number of halogens is 2. The molecule has 2 aromatic rings. The van der Waals surface area contributed by atoms with Crippen LogP contribution in [0, 0.1) is 5.82 Å². The van der Waals surface area contributed by atoms with E-state index in [1.54, 1.807) is 12.1 Å². The van der Waals surface area contributed by atoms with Crippen LogP contribution in [0.25, 0.3) is 0 Å². The van der Waals surface area contributed by atoms with Crippen LogP contribution in [0.3, 0.4) is 0 Å². The van der Waals surface area contributed by atoms with Crippen LogP contribution in [0.4, 0.5) is 4.39 Å². The Hall–Kier alpha value is -2.41. The Balaban J connectivity index is 1.38. The number of carbonyl (C=O) groups excluding carboxylic acids is 1. The largest absolute Gasteiger partial charge is 0.481 e. The number of hydrogen-bond donors (Lipinski definition) is 1. The zero-order chi connectivity index (χ0) is 18.4. The van der Waals surface area contributed by atoms with E-state index in [0.717, 1.165) is 25.7 Å². The van der Waals surface area contributed by atoms with E-state index in [2.05, 4.69) is 15.3 Å². The molecule has 0 spiro atoms. The second kappa shape index (κ2) is 8.80. The number of para-hydroxylation sites is 1. The van der Waals surface area contributed by atoms with Crippen molar-refractivity contribution >= 4 is 17.5 Å². The Morgan fingerprint density at radius 2 is 1.88 bits per heavy atom. The lowest BCUT2D eigenvalue weighted by atomic mass is 9.93. The molecule has 0 aliphatic heterocycles. The summed E-state index contributed by atoms with van der Waals surface area (Å²) in [6, 6.07) is 6.36. The van der Waals surface area contributed by atoms with Gasteiger partial charge in [0.1, 0.15) is 6.10 Å². The molecule has 1 heterocycles. The van der Waals surface area contributed by atoms with E-state index in [1.165, 1.54) is 24.5 Å². The summed E-state index contributed by atoms with van der Waals surface area (Å²) in [7, 11) is 0. The fourth-order valence-corrected chi connectivity index (χ4v) is 2.91. The maximum absolute atomic E-state index is 13.5. The molecule has 1 saturated carbocycles. The number of nitrogens with zero attached hydrogens (tertiary/aromatic N) is 2. The van der Waals surface area contributed by atoms with Crippen molar-refractivity contribution in [3.63, 3.8) is 0 Å². The van der Waals surface area contributed by atoms with Crippen molar-refractivity contribution in [2.24, 2.45) is 0 Å². The Labute approximate surface area is 155 Å². The van der Waals surface area contributed by atoms with Crippen LogP contribution in [0.2, 0.25) is 5.02 Å². The fourth-order valence-electron chi connectivity index (χ4n) is 2.81. The van der Waals surface area contributed by atoms with Crippen molar-refractivity contribution in [1.82, 2.24) is 15.3 Å². The minimum atomic E-state index is -0.484. The third-order valence-corrected chi connectivity index (χ3v) is 4.30. The van der Waals surface area contributed by atoms with E-state index in [9.17, 15) is 9.18 Å². The Bertz CT molecular complexity index is 737. The molecule has 1 aromatic heterocycles. The van der Waals surface area contributed by atoms with Crippen molar-refractivity contribution in [3.05, 3.63) is 47.5 Å². The summed E-state index contributed by atoms with van der Waals surface area (Å²) in [5.41, 5.74) is 0. The SMILES string of the molecule is O=C(COc1ccccc1F)NC1CCC(Oc2ncc(Cl)cn2)CC1. The molecule has 26 heavy (non-hydrogen) atoms. The van der Waals surface area contributed by atoms with Gasteiger partial charge in [-0.15, -0.1) is 0 Å². The summed E-state index contributed by atoms with van der Waals surface area (Å²) in [5, 5.41) is 3.37. The highest BCUT2D eigenvalue weighted by molar-refractivity contribution is 6.30. The van der Waals surface area contributed by atoms with Crippen molar-refractivity contribution < 1.29 is 18.7 Å². The van der Waals surface area contributed by atoms with E-state index in [4.69, 9.17) is 21.1 Å². The van der Waals surface area contributed by atoms with Gasteiger partial charge in [0.05, 0.1) is 17.4 Å². The van der Waals surface area contributed by atoms with Crippen molar-refractivity contribution in [2.45, 2.75) is 37.8 Å². The Morgan fingerprint density at radius 1 is 1.19 bits per heavy atom. The van der Waals surface area contributed by atoms with Crippen LogP contribution in [-0.2, 0) is 4.79 Å². The van der Waals surface area contributed by atoms with Gasteiger partial charge in [-0.25, -0.2) is 14.4 Å². The minimum absolute atomic E-state index is 0.0130. The number of hydrogen-bond acceptors (Lipinski definition) is 5. The molecule has 1 fully saturated rings. The van der Waals surface area contributed by atoms with Crippen LogP contribution >= 0.6 is 11.6 Å². The van der Waals surface area contributed by atoms with Gasteiger partial charge in [-0.05, 0) is 37.8 Å². The lowest BCUT2D eigenvalue weighted by Gasteiger charge is -2.28. The molecule has 0 saturated heterocycles. The number of aromatic nitrogens is 2. The molecule has 0 unspecified atom stereocenters. The first kappa shape index (κ1) is 18.4. The standard InChI is InChI=1S/C18H19ClFN3O3/c19-12-9-21-18(22-10-12)26-14-7-5-13(6-8-14)23-17(24)11-25-16-4-2-1-3-15(16)20/h1-4,9-10,13-14H,5-8,11H2,(H,23,24). The smallest absolute Gasteiger partial charge is 0.316 e. The van der Waals surface area contributed by atoms with Gasteiger partial charge >= 0.3 is 6.01 Å². The highest BCUT2D eigenvalue weighted by atomic mass is 35.5. The summed E-state index contributed by atoms with van der Waals surface area (Å²) in [6.07, 6.45) is 6.12. The second-order valence-corrected chi connectivity index (χ2v) is 6.50. The molecule has 3 rings (SSSR count). The fraction of sp³-hybridized carbons (Fsp3) is 0.389. The maximum Gasteiger partial charge on any atom is 0.316 e. The zero-order valence-corrected chi connectivity index (χ0v) is 14.8. The Morgan fingerprint density at radius 3 is 2.58 bits per heavy atom. The number of nitrogens with one attached hydrogen (secondary N) is 1. The quantitative estimate of drug-likeness (QED) is 0.834. The topological polar surface area (TPSA) is 73.3 Å². The van der Waals surface area contributed by atoms with Crippen LogP contribution in [0.1, 0.15) is 25.7 Å². The minimum Gasteiger partial charge on any atom is -0.481 e. The van der Waals surface area contributed by atoms with Crippen molar-refractivity contribution in [2.75, 3.05) is 6.61 Å². The van der Waals surface area contributed by atoms with Crippen LogP contribution in [0.15, 0.2) is 36.7 Å². The van der Waals surface area contributed by atoms with E-state index in [0.29, 0.717) is 11.0 Å². The molecule has 1 N–H and O–H groups in total. The summed E-state index contributed by atoms with van der Waals surface area (Å²) >= 11 is 5.74. The van der Waals surface area contributed by atoms with Gasteiger partial charge in [-0.2, -0.15) is 0 Å². The average Bonchev–Trinajstić information content (AvgIpc) is 2.64.